The molecule has 3 aliphatic rings. The van der Waals surface area contributed by atoms with E-state index in [2.05, 4.69) is 20.4 Å². The van der Waals surface area contributed by atoms with Crippen molar-refractivity contribution in [2.24, 2.45) is 0 Å². The van der Waals surface area contributed by atoms with E-state index in [9.17, 15) is 4.79 Å². The van der Waals surface area contributed by atoms with Crippen LogP contribution in [0.4, 0.5) is 11.5 Å². The highest BCUT2D eigenvalue weighted by Gasteiger charge is 2.34. The zero-order valence-electron chi connectivity index (χ0n) is 19.5. The van der Waals surface area contributed by atoms with Crippen LogP contribution in [-0.2, 0) is 22.6 Å². The highest BCUT2D eigenvalue weighted by Crippen LogP contribution is 2.44. The van der Waals surface area contributed by atoms with E-state index in [-0.39, 0.29) is 5.91 Å². The van der Waals surface area contributed by atoms with Crippen LogP contribution in [0.2, 0.25) is 0 Å². The normalized spacial score (nSPS) is 18.1. The maximum Gasteiger partial charge on any atom is 0.229 e. The molecule has 0 N–H and O–H groups in total. The highest BCUT2D eigenvalue weighted by molar-refractivity contribution is 5.98. The van der Waals surface area contributed by atoms with Gasteiger partial charge in [-0.3, -0.25) is 4.79 Å². The minimum atomic E-state index is 0.177. The molecular formula is C26H28N6O2. The topological polar surface area (TPSA) is 67.9 Å². The van der Waals surface area contributed by atoms with Crippen LogP contribution in [0.3, 0.4) is 0 Å². The summed E-state index contributed by atoms with van der Waals surface area (Å²) in [5.74, 6) is 2.57. The number of hydrogen-bond donors (Lipinski definition) is 0. The van der Waals surface area contributed by atoms with Crippen molar-refractivity contribution < 1.29 is 9.53 Å². The third-order valence-electron chi connectivity index (χ3n) is 7.14. The van der Waals surface area contributed by atoms with E-state index < -0.39 is 0 Å². The van der Waals surface area contributed by atoms with E-state index >= 15 is 0 Å². The van der Waals surface area contributed by atoms with Crippen molar-refractivity contribution in [1.82, 2.24) is 19.4 Å². The first-order valence-corrected chi connectivity index (χ1v) is 12.2. The van der Waals surface area contributed by atoms with E-state index in [1.807, 2.05) is 30.0 Å². The Morgan fingerprint density at radius 1 is 1.18 bits per heavy atom. The Morgan fingerprint density at radius 2 is 2.00 bits per heavy atom. The summed E-state index contributed by atoms with van der Waals surface area (Å²) in [7, 11) is 0. The molecule has 8 nitrogen and oxygen atoms in total. The molecular weight excluding hydrogens is 428 g/mol. The predicted molar refractivity (Wildman–Crippen MR) is 130 cm³/mol. The molecule has 2 aliphatic heterocycles. The Hall–Kier alpha value is -3.44. The predicted octanol–water partition coefficient (Wildman–Crippen LogP) is 4.12. The first kappa shape index (κ1) is 21.1. The standard InChI is InChI=1S/C26H28N6O2/c1-3-23(33)31-9-10-32-22(16-31)24(29-25(32)17-7-8-17)18-5-4-6-20-19(18)15-21(27-2)26(28-20)30-11-13-34-14-12-30/h4-6,15,17H,3,7-14,16H2,1H3. The van der Waals surface area contributed by atoms with Gasteiger partial charge in [-0.05, 0) is 30.4 Å². The van der Waals surface area contributed by atoms with Crippen LogP contribution in [0.25, 0.3) is 27.0 Å². The number of carbonyl (C=O) groups is 1. The molecule has 1 saturated carbocycles. The Labute approximate surface area is 199 Å². The lowest BCUT2D eigenvalue weighted by molar-refractivity contribution is -0.132. The molecule has 6 rings (SSSR count). The van der Waals surface area contributed by atoms with E-state index in [0.29, 0.717) is 37.8 Å². The summed E-state index contributed by atoms with van der Waals surface area (Å²) in [6.07, 6.45) is 2.86. The maximum atomic E-state index is 12.5. The summed E-state index contributed by atoms with van der Waals surface area (Å²) in [5, 5.41) is 0.938. The number of hydrogen-bond acceptors (Lipinski definition) is 5. The van der Waals surface area contributed by atoms with Gasteiger partial charge in [-0.15, -0.1) is 0 Å². The first-order valence-electron chi connectivity index (χ1n) is 12.2. The number of anilines is 1. The Balaban J connectivity index is 1.49. The molecule has 2 fully saturated rings. The molecule has 1 aliphatic carbocycles. The Bertz CT molecular complexity index is 1310. The SMILES string of the molecule is [C-]#[N+]c1cc2c(-c3nc(C4CC4)n4c3CN(C(=O)CC)CC4)cccc2nc1N1CCOCC1. The molecule has 34 heavy (non-hydrogen) atoms. The number of carbonyl (C=O) groups excluding carboxylic acids is 1. The number of nitrogens with zero attached hydrogens (tertiary/aromatic N) is 6. The average Bonchev–Trinajstić information content (AvgIpc) is 3.67. The molecule has 0 bridgehead atoms. The number of aromatic nitrogens is 3. The summed E-state index contributed by atoms with van der Waals surface area (Å²) in [5.41, 5.74) is 4.44. The van der Waals surface area contributed by atoms with Crippen molar-refractivity contribution in [3.63, 3.8) is 0 Å². The quantitative estimate of drug-likeness (QED) is 0.553. The fraction of sp³-hybridized carbons (Fsp3) is 0.462. The number of benzene rings is 1. The minimum Gasteiger partial charge on any atom is -0.378 e. The summed E-state index contributed by atoms with van der Waals surface area (Å²) in [4.78, 5) is 30.5. The fourth-order valence-corrected chi connectivity index (χ4v) is 5.17. The summed E-state index contributed by atoms with van der Waals surface area (Å²) in [6.45, 7) is 14.6. The van der Waals surface area contributed by atoms with Crippen molar-refractivity contribution >= 4 is 28.3 Å². The van der Waals surface area contributed by atoms with Gasteiger partial charge in [-0.25, -0.2) is 14.8 Å². The van der Waals surface area contributed by atoms with Gasteiger partial charge in [0.25, 0.3) is 0 Å². The van der Waals surface area contributed by atoms with Gasteiger partial charge >= 0.3 is 0 Å². The molecule has 3 aromatic rings. The zero-order chi connectivity index (χ0) is 23.2. The van der Waals surface area contributed by atoms with Gasteiger partial charge in [-0.2, -0.15) is 0 Å². The van der Waals surface area contributed by atoms with Crippen molar-refractivity contribution in [2.75, 3.05) is 37.7 Å². The largest absolute Gasteiger partial charge is 0.378 e. The summed E-state index contributed by atoms with van der Waals surface area (Å²) in [6, 6.07) is 8.07. The molecule has 4 heterocycles. The number of morpholine rings is 1. The van der Waals surface area contributed by atoms with E-state index in [1.54, 1.807) is 0 Å². The van der Waals surface area contributed by atoms with Gasteiger partial charge in [-0.1, -0.05) is 19.1 Å². The molecule has 2 aromatic heterocycles. The van der Waals surface area contributed by atoms with Gasteiger partial charge in [0.1, 0.15) is 11.6 Å². The van der Waals surface area contributed by atoms with Gasteiger partial charge in [0.05, 0.1) is 43.2 Å². The van der Waals surface area contributed by atoms with Crippen molar-refractivity contribution in [3.05, 3.63) is 47.2 Å². The molecule has 8 heteroatoms. The number of amides is 1. The monoisotopic (exact) mass is 456 g/mol. The fourth-order valence-electron chi connectivity index (χ4n) is 5.17. The van der Waals surface area contributed by atoms with Gasteiger partial charge in [0.15, 0.2) is 0 Å². The number of imidazole rings is 1. The maximum absolute atomic E-state index is 12.5. The lowest BCUT2D eigenvalue weighted by atomic mass is 10.0. The van der Waals surface area contributed by atoms with Gasteiger partial charge in [0, 0.05) is 44.1 Å². The molecule has 174 valence electrons. The number of ether oxygens (including phenoxy) is 1. The number of pyridine rings is 1. The smallest absolute Gasteiger partial charge is 0.229 e. The highest BCUT2D eigenvalue weighted by atomic mass is 16.5. The number of fused-ring (bicyclic) bond motifs is 2. The minimum absolute atomic E-state index is 0.177. The lowest BCUT2D eigenvalue weighted by Gasteiger charge is -2.30. The second-order valence-electron chi connectivity index (χ2n) is 9.27. The van der Waals surface area contributed by atoms with E-state index in [4.69, 9.17) is 21.3 Å². The van der Waals surface area contributed by atoms with Crippen LogP contribution in [0.1, 0.15) is 43.6 Å². The Morgan fingerprint density at radius 3 is 2.74 bits per heavy atom. The third kappa shape index (κ3) is 3.51. The number of rotatable bonds is 4. The summed E-state index contributed by atoms with van der Waals surface area (Å²) >= 11 is 0. The van der Waals surface area contributed by atoms with Crippen LogP contribution < -0.4 is 4.90 Å². The summed E-state index contributed by atoms with van der Waals surface area (Å²) < 4.78 is 7.83. The molecule has 1 amide bonds. The van der Waals surface area contributed by atoms with Crippen molar-refractivity contribution in [2.45, 2.75) is 45.2 Å². The van der Waals surface area contributed by atoms with E-state index in [1.165, 1.54) is 12.8 Å². The first-order chi connectivity index (χ1) is 16.7. The third-order valence-corrected chi connectivity index (χ3v) is 7.14. The van der Waals surface area contributed by atoms with E-state index in [0.717, 1.165) is 65.7 Å². The molecule has 0 atom stereocenters. The second-order valence-corrected chi connectivity index (χ2v) is 9.27. The van der Waals surface area contributed by atoms with Gasteiger partial charge < -0.3 is 19.1 Å². The van der Waals surface area contributed by atoms with Crippen LogP contribution in [0.5, 0.6) is 0 Å². The van der Waals surface area contributed by atoms with Crippen LogP contribution in [-0.4, -0.2) is 58.2 Å². The Kier molecular flexibility index (Phi) is 5.22. The van der Waals surface area contributed by atoms with Crippen molar-refractivity contribution in [3.8, 4) is 11.3 Å². The molecule has 0 unspecified atom stereocenters. The molecule has 0 spiro atoms. The molecule has 1 saturated heterocycles. The van der Waals surface area contributed by atoms with Crippen LogP contribution in [0.15, 0.2) is 24.3 Å². The van der Waals surface area contributed by atoms with Crippen molar-refractivity contribution in [1.29, 1.82) is 0 Å². The van der Waals surface area contributed by atoms with Crippen LogP contribution in [0, 0.1) is 6.57 Å². The second kappa shape index (κ2) is 8.41. The average molecular weight is 457 g/mol. The lowest BCUT2D eigenvalue weighted by Crippen LogP contribution is -2.38. The zero-order valence-corrected chi connectivity index (χ0v) is 19.5. The van der Waals surface area contributed by atoms with Gasteiger partial charge in [0.2, 0.25) is 11.6 Å². The molecule has 0 radical (unpaired) electrons. The van der Waals surface area contributed by atoms with Crippen LogP contribution >= 0.6 is 0 Å². The molecule has 1 aromatic carbocycles.